The van der Waals surface area contributed by atoms with Gasteiger partial charge in [-0.15, -0.1) is 0 Å². The first-order valence-corrected chi connectivity index (χ1v) is 19.1. The minimum Gasteiger partial charge on any atom is -0.495 e. The van der Waals surface area contributed by atoms with E-state index in [-0.39, 0.29) is 17.6 Å². The quantitative estimate of drug-likeness (QED) is 0.281. The van der Waals surface area contributed by atoms with Gasteiger partial charge in [-0.2, -0.15) is 0 Å². The molecule has 1 atom stereocenters. The molecule has 0 radical (unpaired) electrons. The van der Waals surface area contributed by atoms with Crippen LogP contribution in [0.25, 0.3) is 11.0 Å². The highest BCUT2D eigenvalue weighted by molar-refractivity contribution is 7.89. The second-order valence-electron chi connectivity index (χ2n) is 14.0. The standard InChI is InChI=1S/C31H53N3O6SSi/c1-20(2)42(21(3)4,22(5)6)34-17-16-25-27(26(39-11)18-32-29(25)34)28(35)24-14-12-23(13-15-24)19-41(37,38)33(10)30(36)40-31(7,8)9/h16-18,20-24,28,35H,12-15,19H2,1-11H3/t23-,24-,28?. The Morgan fingerprint density at radius 1 is 1.10 bits per heavy atom. The Bertz CT molecular complexity index is 1320. The van der Waals surface area contributed by atoms with Crippen LogP contribution in [0.15, 0.2) is 18.5 Å². The van der Waals surface area contributed by atoms with Gasteiger partial charge in [0.15, 0.2) is 8.24 Å². The number of nitrogens with zero attached hydrogens (tertiary/aromatic N) is 3. The molecule has 0 aliphatic heterocycles. The lowest BCUT2D eigenvalue weighted by Crippen LogP contribution is -2.51. The van der Waals surface area contributed by atoms with Crippen LogP contribution in [-0.4, -0.2) is 66.9 Å². The fraction of sp³-hybridized carbons (Fsp3) is 0.742. The maximum Gasteiger partial charge on any atom is 0.423 e. The molecule has 11 heteroatoms. The molecule has 2 aromatic heterocycles. The second kappa shape index (κ2) is 12.9. The topological polar surface area (TPSA) is 111 Å². The van der Waals surface area contributed by atoms with E-state index in [1.807, 2.05) is 0 Å². The first kappa shape index (κ1) is 34.4. The molecule has 1 saturated carbocycles. The lowest BCUT2D eigenvalue weighted by atomic mass is 9.78. The Morgan fingerprint density at radius 3 is 2.12 bits per heavy atom. The van der Waals surface area contributed by atoms with Crippen molar-refractivity contribution in [1.29, 1.82) is 0 Å². The van der Waals surface area contributed by atoms with E-state index < -0.39 is 36.1 Å². The van der Waals surface area contributed by atoms with Gasteiger partial charge in [0.05, 0.1) is 25.2 Å². The van der Waals surface area contributed by atoms with Gasteiger partial charge < -0.3 is 18.8 Å². The molecule has 1 unspecified atom stereocenters. The van der Waals surface area contributed by atoms with Crippen LogP contribution in [0.3, 0.4) is 0 Å². The molecule has 2 heterocycles. The van der Waals surface area contributed by atoms with Crippen LogP contribution in [-0.2, 0) is 14.8 Å². The zero-order valence-electron chi connectivity index (χ0n) is 27.5. The lowest BCUT2D eigenvalue weighted by Gasteiger charge is -2.44. The summed E-state index contributed by atoms with van der Waals surface area (Å²) in [7, 11) is -3.03. The van der Waals surface area contributed by atoms with Gasteiger partial charge in [-0.05, 0) is 87.2 Å². The molecule has 42 heavy (non-hydrogen) atoms. The number of pyridine rings is 1. The Kier molecular flexibility index (Phi) is 10.5. The van der Waals surface area contributed by atoms with Gasteiger partial charge in [-0.3, -0.25) is 0 Å². The Morgan fingerprint density at radius 2 is 1.64 bits per heavy atom. The second-order valence-corrected chi connectivity index (χ2v) is 21.7. The van der Waals surface area contributed by atoms with Gasteiger partial charge in [-0.25, -0.2) is 22.5 Å². The van der Waals surface area contributed by atoms with Crippen LogP contribution in [0.4, 0.5) is 4.79 Å². The van der Waals surface area contributed by atoms with Crippen LogP contribution in [0.2, 0.25) is 16.6 Å². The number of hydrogen-bond acceptors (Lipinski definition) is 7. The van der Waals surface area contributed by atoms with E-state index in [1.165, 1.54) is 7.05 Å². The zero-order chi connectivity index (χ0) is 31.8. The van der Waals surface area contributed by atoms with Crippen molar-refractivity contribution in [2.24, 2.45) is 11.8 Å². The largest absolute Gasteiger partial charge is 0.495 e. The maximum absolute atomic E-state index is 13.0. The summed E-state index contributed by atoms with van der Waals surface area (Å²) in [4.78, 5) is 17.2. The highest BCUT2D eigenvalue weighted by Gasteiger charge is 2.46. The number of methoxy groups -OCH3 is 1. The average molecular weight is 624 g/mol. The predicted molar refractivity (Wildman–Crippen MR) is 171 cm³/mol. The first-order chi connectivity index (χ1) is 19.4. The average Bonchev–Trinajstić information content (AvgIpc) is 3.30. The minimum atomic E-state index is -3.82. The molecule has 0 saturated heterocycles. The van der Waals surface area contributed by atoms with E-state index in [4.69, 9.17) is 14.5 Å². The molecule has 1 N–H and O–H groups in total. The molecule has 1 aliphatic carbocycles. The highest BCUT2D eigenvalue weighted by Crippen LogP contribution is 2.47. The molecule has 0 aromatic carbocycles. The monoisotopic (exact) mass is 623 g/mol. The number of fused-ring (bicyclic) bond motifs is 1. The van der Waals surface area contributed by atoms with Crippen molar-refractivity contribution >= 4 is 35.4 Å². The van der Waals surface area contributed by atoms with Crippen LogP contribution < -0.4 is 4.74 Å². The lowest BCUT2D eigenvalue weighted by molar-refractivity contribution is 0.0419. The third-order valence-electron chi connectivity index (χ3n) is 9.28. The smallest absolute Gasteiger partial charge is 0.423 e. The van der Waals surface area contributed by atoms with E-state index in [0.29, 0.717) is 48.1 Å². The number of hydrogen-bond donors (Lipinski definition) is 1. The third kappa shape index (κ3) is 6.67. The Hall–Kier alpha value is -2.11. The van der Waals surface area contributed by atoms with Gasteiger partial charge in [-0.1, -0.05) is 41.5 Å². The van der Waals surface area contributed by atoms with Crippen molar-refractivity contribution in [3.63, 3.8) is 0 Å². The van der Waals surface area contributed by atoms with E-state index in [9.17, 15) is 18.3 Å². The van der Waals surface area contributed by atoms with Crippen LogP contribution >= 0.6 is 0 Å². The van der Waals surface area contributed by atoms with E-state index in [1.54, 1.807) is 34.1 Å². The number of carbonyl (C=O) groups is 1. The number of amides is 1. The summed E-state index contributed by atoms with van der Waals surface area (Å²) in [6, 6.07) is 2.09. The van der Waals surface area contributed by atoms with Crippen molar-refractivity contribution < 1.29 is 27.8 Å². The number of aliphatic hydroxyl groups excluding tert-OH is 1. The van der Waals surface area contributed by atoms with Gasteiger partial charge in [0.25, 0.3) is 0 Å². The summed E-state index contributed by atoms with van der Waals surface area (Å²) in [6.45, 7) is 19.0. The molecule has 238 valence electrons. The van der Waals surface area contributed by atoms with E-state index in [2.05, 4.69) is 58.0 Å². The molecule has 0 bridgehead atoms. The molecular weight excluding hydrogens is 571 g/mol. The minimum absolute atomic E-state index is 0.0438. The molecule has 3 rings (SSSR count). The number of aliphatic hydroxyl groups is 1. The number of sulfonamides is 1. The van der Waals surface area contributed by atoms with Gasteiger partial charge >= 0.3 is 6.09 Å². The van der Waals surface area contributed by atoms with Gasteiger partial charge in [0, 0.05) is 18.0 Å². The van der Waals surface area contributed by atoms with E-state index in [0.717, 1.165) is 20.9 Å². The Balaban J connectivity index is 1.85. The van der Waals surface area contributed by atoms with Crippen LogP contribution in [0.1, 0.15) is 99.7 Å². The summed E-state index contributed by atoms with van der Waals surface area (Å²) in [6.07, 6.45) is 4.91. The number of ether oxygens (including phenoxy) is 2. The Labute approximate surface area is 254 Å². The number of aromatic nitrogens is 2. The number of rotatable bonds is 10. The predicted octanol–water partition coefficient (Wildman–Crippen LogP) is 7.11. The molecule has 1 amide bonds. The van der Waals surface area contributed by atoms with Crippen LogP contribution in [0, 0.1) is 11.8 Å². The first-order valence-electron chi connectivity index (χ1n) is 15.3. The zero-order valence-corrected chi connectivity index (χ0v) is 29.3. The highest BCUT2D eigenvalue weighted by atomic mass is 32.2. The summed E-state index contributed by atoms with van der Waals surface area (Å²) in [5.41, 5.74) is 2.36. The summed E-state index contributed by atoms with van der Waals surface area (Å²) in [5.74, 6) is 0.308. The molecule has 2 aromatic rings. The third-order valence-corrected chi connectivity index (χ3v) is 17.9. The summed E-state index contributed by atoms with van der Waals surface area (Å²) < 4.78 is 40.1. The van der Waals surface area contributed by atoms with Crippen molar-refractivity contribution in [1.82, 2.24) is 13.5 Å². The molecular formula is C31H53N3O6SSi. The van der Waals surface area contributed by atoms with Crippen molar-refractivity contribution in [2.75, 3.05) is 19.9 Å². The van der Waals surface area contributed by atoms with Crippen molar-refractivity contribution in [3.05, 3.63) is 24.0 Å². The van der Waals surface area contributed by atoms with Crippen LogP contribution in [0.5, 0.6) is 5.75 Å². The summed E-state index contributed by atoms with van der Waals surface area (Å²) >= 11 is 0. The van der Waals surface area contributed by atoms with Gasteiger partial charge in [0.1, 0.15) is 17.0 Å². The molecule has 0 spiro atoms. The molecule has 1 fully saturated rings. The maximum atomic E-state index is 13.0. The normalized spacial score (nSPS) is 19.5. The van der Waals surface area contributed by atoms with Gasteiger partial charge in [0.2, 0.25) is 10.0 Å². The number of carbonyl (C=O) groups excluding carboxylic acids is 1. The van der Waals surface area contributed by atoms with Crippen molar-refractivity contribution in [3.8, 4) is 5.75 Å². The molecule has 9 nitrogen and oxygen atoms in total. The fourth-order valence-electron chi connectivity index (χ4n) is 7.46. The molecule has 1 aliphatic rings. The fourth-order valence-corrected chi connectivity index (χ4v) is 15.4. The SMILES string of the molecule is COc1cnc2c(ccn2[Si](C(C)C)(C(C)C)C(C)C)c1C(O)[C@H]1CC[C@H](CS(=O)(=O)N(C)C(=O)OC(C)(C)C)CC1. The summed E-state index contributed by atoms with van der Waals surface area (Å²) in [5, 5.41) is 12.7. The van der Waals surface area contributed by atoms with E-state index >= 15 is 0 Å². The van der Waals surface area contributed by atoms with Crippen molar-refractivity contribution in [2.45, 2.75) is 116 Å².